The predicted octanol–water partition coefficient (Wildman–Crippen LogP) is 23.0. The van der Waals surface area contributed by atoms with Gasteiger partial charge in [0.2, 0.25) is 0 Å². The number of anilines is 18. The van der Waals surface area contributed by atoms with Crippen LogP contribution in [-0.2, 0) is 0 Å². The van der Waals surface area contributed by atoms with E-state index in [4.69, 9.17) is 9.97 Å². The fourth-order valence-corrected chi connectivity index (χ4v) is 11.7. The van der Waals surface area contributed by atoms with Crippen LogP contribution in [0.2, 0.25) is 0 Å². The summed E-state index contributed by atoms with van der Waals surface area (Å²) in [5.74, 6) is 0. The molecular weight excluding hydrogens is 1100 g/mol. The summed E-state index contributed by atoms with van der Waals surface area (Å²) in [5.41, 5.74) is 20.2. The molecule has 2 aromatic heterocycles. The van der Waals surface area contributed by atoms with E-state index in [1.165, 1.54) is 0 Å². The Bertz CT molecular complexity index is 3840. The van der Waals surface area contributed by atoms with Crippen LogP contribution >= 0.6 is 0 Å². The molecule has 2 heterocycles. The molecule has 0 atom stereocenters. The second-order valence-corrected chi connectivity index (χ2v) is 21.6. The quantitative estimate of drug-likeness (QED) is 0.0794. The van der Waals surface area contributed by atoms with Crippen LogP contribution in [0.15, 0.2) is 377 Å². The Morgan fingerprint density at radius 1 is 0.133 bits per heavy atom. The Morgan fingerprint density at radius 2 is 0.267 bits per heavy atom. The van der Waals surface area contributed by atoms with Crippen molar-refractivity contribution in [2.45, 2.75) is 0 Å². The average Bonchev–Trinajstić information content (AvgIpc) is 1.42. The maximum atomic E-state index is 5.02. The number of para-hydroxylation sites is 8. The van der Waals surface area contributed by atoms with Crippen molar-refractivity contribution in [1.29, 1.82) is 0 Å². The fourth-order valence-electron chi connectivity index (χ4n) is 11.7. The monoisotopic (exact) mass is 1160 g/mol. The third-order valence-electron chi connectivity index (χ3n) is 15.9. The highest BCUT2D eigenvalue weighted by atomic mass is 15.2. The highest BCUT2D eigenvalue weighted by Gasteiger charge is 2.22. The van der Waals surface area contributed by atoms with Crippen LogP contribution in [0.1, 0.15) is 0 Å². The topological polar surface area (TPSA) is 45.2 Å². The van der Waals surface area contributed by atoms with Crippen molar-refractivity contribution in [3.63, 3.8) is 0 Å². The lowest BCUT2D eigenvalue weighted by Gasteiger charge is -2.30. The molecule has 0 bridgehead atoms. The number of rotatable bonds is 19. The number of aromatic nitrogens is 2. The number of pyridine rings is 2. The molecule has 0 amide bonds. The van der Waals surface area contributed by atoms with E-state index in [2.05, 4.69) is 381 Å². The van der Waals surface area contributed by atoms with Gasteiger partial charge in [-0.15, -0.1) is 0 Å². The van der Waals surface area contributed by atoms with Gasteiger partial charge in [-0.2, -0.15) is 0 Å². The first kappa shape index (κ1) is 55.6. The van der Waals surface area contributed by atoms with Crippen molar-refractivity contribution in [2.75, 3.05) is 29.4 Å². The van der Waals surface area contributed by atoms with Crippen molar-refractivity contribution in [2.24, 2.45) is 0 Å². The zero-order valence-electron chi connectivity index (χ0n) is 49.4. The molecule has 0 aliphatic carbocycles. The summed E-state index contributed by atoms with van der Waals surface area (Å²) in [6, 6.07) is 124. The van der Waals surface area contributed by atoms with Gasteiger partial charge >= 0.3 is 0 Å². The van der Waals surface area contributed by atoms with E-state index in [0.29, 0.717) is 0 Å². The summed E-state index contributed by atoms with van der Waals surface area (Å²) in [6.45, 7) is 0. The summed E-state index contributed by atoms with van der Waals surface area (Å²) in [4.78, 5) is 23.7. The summed E-state index contributed by atoms with van der Waals surface area (Å²) in [6.07, 6.45) is 7.75. The zero-order chi connectivity index (χ0) is 60.3. The molecular formula is C82H62N8. The number of hydrogen-bond acceptors (Lipinski definition) is 8. The first-order valence-electron chi connectivity index (χ1n) is 30.2. The smallest absolute Gasteiger partial charge is 0.0651 e. The lowest BCUT2D eigenvalue weighted by molar-refractivity contribution is 1.20. The van der Waals surface area contributed by atoms with Gasteiger partial charge < -0.3 is 29.4 Å². The molecule has 8 nitrogen and oxygen atoms in total. The first-order chi connectivity index (χ1) is 44.7. The van der Waals surface area contributed by atoms with E-state index in [9.17, 15) is 0 Å². The molecule has 0 N–H and O–H groups in total. The van der Waals surface area contributed by atoms with Gasteiger partial charge in [0.25, 0.3) is 0 Å². The molecule has 12 aromatic carbocycles. The molecule has 14 rings (SSSR count). The second kappa shape index (κ2) is 26.2. The molecule has 0 saturated heterocycles. The predicted molar refractivity (Wildman–Crippen MR) is 376 cm³/mol. The molecule has 0 saturated carbocycles. The highest BCUT2D eigenvalue weighted by molar-refractivity contribution is 5.88. The van der Waals surface area contributed by atoms with Gasteiger partial charge in [0, 0.05) is 115 Å². The highest BCUT2D eigenvalue weighted by Crippen LogP contribution is 2.45. The van der Waals surface area contributed by atoms with Gasteiger partial charge in [-0.1, -0.05) is 146 Å². The first-order valence-corrected chi connectivity index (χ1v) is 30.2. The lowest BCUT2D eigenvalue weighted by atomic mass is 10.1. The lowest BCUT2D eigenvalue weighted by Crippen LogP contribution is -2.13. The SMILES string of the molecule is c1ccc(N(c2ccccc2)c2ccc(N(c3ccc(N(c4ccccc4)c4ccccc4)cc3)c3cncc(-c4cncc(N(c5ccc(N(c6ccccc6)c6ccccc6)cc5)c5ccc(N(c6ccccc6)c6ccccc6)cc5)c4)c3)cc2)cc1. The summed E-state index contributed by atoms with van der Waals surface area (Å²) >= 11 is 0. The van der Waals surface area contributed by atoms with Crippen LogP contribution in [0.4, 0.5) is 102 Å². The molecule has 0 fully saturated rings. The van der Waals surface area contributed by atoms with E-state index < -0.39 is 0 Å². The van der Waals surface area contributed by atoms with Crippen molar-refractivity contribution >= 4 is 102 Å². The Morgan fingerprint density at radius 3 is 0.422 bits per heavy atom. The van der Waals surface area contributed by atoms with Crippen molar-refractivity contribution in [3.05, 3.63) is 377 Å². The average molecular weight is 1160 g/mol. The van der Waals surface area contributed by atoms with Gasteiger partial charge in [-0.25, -0.2) is 0 Å². The molecule has 0 unspecified atom stereocenters. The molecule has 8 heteroatoms. The number of nitrogens with zero attached hydrogens (tertiary/aromatic N) is 8. The molecule has 14 aromatic rings. The molecule has 0 spiro atoms. The van der Waals surface area contributed by atoms with Gasteiger partial charge in [0.05, 0.1) is 23.8 Å². The fraction of sp³-hybridized carbons (Fsp3) is 0. The molecule has 0 aliphatic rings. The maximum Gasteiger partial charge on any atom is 0.0651 e. The van der Waals surface area contributed by atoms with Crippen LogP contribution in [-0.4, -0.2) is 9.97 Å². The molecule has 0 radical (unpaired) electrons. The third-order valence-corrected chi connectivity index (χ3v) is 15.9. The minimum absolute atomic E-state index is 0.884. The minimum atomic E-state index is 0.884. The standard InChI is InChI=1S/C82H62N8/c1-9-25-65(26-10-1)85(66-27-11-2-12-28-66)73-41-49-77(50-42-73)89(78-51-43-74(44-52-78)86(67-29-13-3-14-30-67)68-31-15-4-16-32-68)81-57-63(59-83-61-81)64-58-82(62-84-60-64)90(79-53-45-75(46-54-79)87(69-33-17-5-18-34-69)70-35-19-6-20-36-70)80-55-47-76(48-56-80)88(71-37-21-7-22-38-71)72-39-23-8-24-40-72/h1-62H. The summed E-state index contributed by atoms with van der Waals surface area (Å²) in [5, 5.41) is 0. The Kier molecular flexibility index (Phi) is 16.2. The minimum Gasteiger partial charge on any atom is -0.311 e. The normalized spacial score (nSPS) is 10.9. The van der Waals surface area contributed by atoms with Crippen LogP contribution in [0.25, 0.3) is 11.1 Å². The van der Waals surface area contributed by atoms with E-state index >= 15 is 0 Å². The van der Waals surface area contributed by atoms with E-state index in [-0.39, 0.29) is 0 Å². The van der Waals surface area contributed by atoms with Crippen LogP contribution < -0.4 is 29.4 Å². The van der Waals surface area contributed by atoms with Gasteiger partial charge in [-0.3, -0.25) is 9.97 Å². The Hall–Kier alpha value is -12.3. The zero-order valence-corrected chi connectivity index (χ0v) is 49.4. The van der Waals surface area contributed by atoms with Crippen molar-refractivity contribution in [1.82, 2.24) is 9.97 Å². The van der Waals surface area contributed by atoms with E-state index in [1.807, 2.05) is 24.8 Å². The van der Waals surface area contributed by atoms with Gasteiger partial charge in [-0.05, 0) is 206 Å². The van der Waals surface area contributed by atoms with E-state index in [1.54, 1.807) is 0 Å². The Labute approximate surface area is 526 Å². The summed E-state index contributed by atoms with van der Waals surface area (Å²) in [7, 11) is 0. The largest absolute Gasteiger partial charge is 0.311 e. The van der Waals surface area contributed by atoms with Gasteiger partial charge in [0.15, 0.2) is 0 Å². The Balaban J connectivity index is 0.864. The number of hydrogen-bond donors (Lipinski definition) is 0. The second-order valence-electron chi connectivity index (χ2n) is 21.6. The van der Waals surface area contributed by atoms with Crippen molar-refractivity contribution < 1.29 is 0 Å². The third kappa shape index (κ3) is 12.0. The van der Waals surface area contributed by atoms with E-state index in [0.717, 1.165) is 113 Å². The van der Waals surface area contributed by atoms with Gasteiger partial charge in [0.1, 0.15) is 0 Å². The van der Waals surface area contributed by atoms with Crippen LogP contribution in [0.5, 0.6) is 0 Å². The number of benzene rings is 12. The van der Waals surface area contributed by atoms with Crippen LogP contribution in [0, 0.1) is 0 Å². The van der Waals surface area contributed by atoms with Crippen molar-refractivity contribution in [3.8, 4) is 11.1 Å². The molecule has 430 valence electrons. The maximum absolute atomic E-state index is 5.02. The summed E-state index contributed by atoms with van der Waals surface area (Å²) < 4.78 is 0. The molecule has 0 aliphatic heterocycles. The molecule has 90 heavy (non-hydrogen) atoms. The van der Waals surface area contributed by atoms with Crippen LogP contribution in [0.3, 0.4) is 0 Å².